The lowest BCUT2D eigenvalue weighted by Crippen LogP contribution is -2.35. The van der Waals surface area contributed by atoms with E-state index in [0.29, 0.717) is 5.56 Å². The molecule has 116 valence electrons. The Hall–Kier alpha value is -2.33. The molecule has 4 nitrogen and oxygen atoms in total. The zero-order valence-electron chi connectivity index (χ0n) is 13.0. The Balaban J connectivity index is 2.09. The van der Waals surface area contributed by atoms with Gasteiger partial charge in [-0.15, -0.1) is 0 Å². The molecule has 2 aromatic carbocycles. The zero-order chi connectivity index (χ0) is 15.9. The third-order valence-corrected chi connectivity index (χ3v) is 3.46. The normalized spacial score (nSPS) is 11.8. The molecule has 0 aromatic heterocycles. The number of hydrogen-bond donors (Lipinski definition) is 2. The SMILES string of the molecule is CC(CO)NC(=O)c1cccc(N(C)Cc2ccccc2)c1. The van der Waals surface area contributed by atoms with Crippen LogP contribution in [0.15, 0.2) is 54.6 Å². The van der Waals surface area contributed by atoms with Crippen LogP contribution in [0.1, 0.15) is 22.8 Å². The molecule has 22 heavy (non-hydrogen) atoms. The van der Waals surface area contributed by atoms with Crippen LogP contribution in [-0.2, 0) is 6.54 Å². The summed E-state index contributed by atoms with van der Waals surface area (Å²) in [4.78, 5) is 14.2. The number of anilines is 1. The van der Waals surface area contributed by atoms with E-state index in [-0.39, 0.29) is 18.6 Å². The largest absolute Gasteiger partial charge is 0.394 e. The quantitative estimate of drug-likeness (QED) is 0.861. The highest BCUT2D eigenvalue weighted by atomic mass is 16.3. The van der Waals surface area contributed by atoms with Crippen molar-refractivity contribution in [3.05, 3.63) is 65.7 Å². The van der Waals surface area contributed by atoms with E-state index in [4.69, 9.17) is 5.11 Å². The molecule has 0 saturated heterocycles. The van der Waals surface area contributed by atoms with Gasteiger partial charge in [-0.25, -0.2) is 0 Å². The number of benzene rings is 2. The maximum atomic E-state index is 12.1. The van der Waals surface area contributed by atoms with E-state index in [1.165, 1.54) is 5.56 Å². The fourth-order valence-corrected chi connectivity index (χ4v) is 2.19. The molecule has 0 fully saturated rings. The highest BCUT2D eigenvalue weighted by Gasteiger charge is 2.10. The van der Waals surface area contributed by atoms with Crippen molar-refractivity contribution < 1.29 is 9.90 Å². The first-order valence-electron chi connectivity index (χ1n) is 7.37. The third-order valence-electron chi connectivity index (χ3n) is 3.46. The van der Waals surface area contributed by atoms with Crippen LogP contribution in [0.3, 0.4) is 0 Å². The lowest BCUT2D eigenvalue weighted by atomic mass is 10.1. The van der Waals surface area contributed by atoms with E-state index in [0.717, 1.165) is 12.2 Å². The average molecular weight is 298 g/mol. The van der Waals surface area contributed by atoms with E-state index < -0.39 is 0 Å². The Labute approximate surface area is 131 Å². The molecule has 0 aliphatic heterocycles. The van der Waals surface area contributed by atoms with Crippen LogP contribution in [0.4, 0.5) is 5.69 Å². The van der Waals surface area contributed by atoms with Crippen molar-refractivity contribution in [2.75, 3.05) is 18.6 Å². The summed E-state index contributed by atoms with van der Waals surface area (Å²) in [5, 5.41) is 11.8. The Kier molecular flexibility index (Phi) is 5.55. The second-order valence-corrected chi connectivity index (χ2v) is 5.45. The Bertz CT molecular complexity index is 613. The highest BCUT2D eigenvalue weighted by Crippen LogP contribution is 2.17. The van der Waals surface area contributed by atoms with Gasteiger partial charge in [0, 0.05) is 30.9 Å². The van der Waals surface area contributed by atoms with Gasteiger partial charge in [0.15, 0.2) is 0 Å². The van der Waals surface area contributed by atoms with Gasteiger partial charge in [0.2, 0.25) is 0 Å². The summed E-state index contributed by atoms with van der Waals surface area (Å²) in [5.74, 6) is -0.170. The summed E-state index contributed by atoms with van der Waals surface area (Å²) in [5.41, 5.74) is 2.79. The van der Waals surface area contributed by atoms with Crippen molar-refractivity contribution in [1.82, 2.24) is 5.32 Å². The minimum absolute atomic E-state index is 0.0701. The number of nitrogens with zero attached hydrogens (tertiary/aromatic N) is 1. The highest BCUT2D eigenvalue weighted by molar-refractivity contribution is 5.95. The lowest BCUT2D eigenvalue weighted by molar-refractivity contribution is 0.0922. The second kappa shape index (κ2) is 7.61. The molecular weight excluding hydrogens is 276 g/mol. The van der Waals surface area contributed by atoms with Gasteiger partial charge in [0.25, 0.3) is 5.91 Å². The second-order valence-electron chi connectivity index (χ2n) is 5.45. The smallest absolute Gasteiger partial charge is 0.251 e. The van der Waals surface area contributed by atoms with Gasteiger partial charge >= 0.3 is 0 Å². The van der Waals surface area contributed by atoms with Crippen LogP contribution < -0.4 is 10.2 Å². The molecule has 0 heterocycles. The van der Waals surface area contributed by atoms with E-state index in [9.17, 15) is 4.79 Å². The van der Waals surface area contributed by atoms with Crippen LogP contribution in [0.5, 0.6) is 0 Å². The predicted molar refractivity (Wildman–Crippen MR) is 89.0 cm³/mol. The van der Waals surface area contributed by atoms with Crippen LogP contribution >= 0.6 is 0 Å². The minimum Gasteiger partial charge on any atom is -0.394 e. The summed E-state index contributed by atoms with van der Waals surface area (Å²) >= 11 is 0. The summed E-state index contributed by atoms with van der Waals surface area (Å²) in [6.45, 7) is 2.47. The van der Waals surface area contributed by atoms with Gasteiger partial charge in [0.1, 0.15) is 0 Å². The molecule has 0 bridgehead atoms. The van der Waals surface area contributed by atoms with Gasteiger partial charge in [-0.2, -0.15) is 0 Å². The van der Waals surface area contributed by atoms with Crippen molar-refractivity contribution in [3.8, 4) is 0 Å². The Morgan fingerprint density at radius 3 is 2.59 bits per heavy atom. The molecule has 0 radical (unpaired) electrons. The number of carbonyl (C=O) groups is 1. The van der Waals surface area contributed by atoms with E-state index in [2.05, 4.69) is 22.3 Å². The first-order valence-corrected chi connectivity index (χ1v) is 7.37. The van der Waals surface area contributed by atoms with Crippen molar-refractivity contribution in [2.24, 2.45) is 0 Å². The molecule has 4 heteroatoms. The van der Waals surface area contributed by atoms with E-state index in [1.54, 1.807) is 13.0 Å². The summed E-state index contributed by atoms with van der Waals surface area (Å²) < 4.78 is 0. The summed E-state index contributed by atoms with van der Waals surface area (Å²) in [6, 6.07) is 17.4. The Morgan fingerprint density at radius 2 is 1.91 bits per heavy atom. The number of aliphatic hydroxyl groups is 1. The van der Waals surface area contributed by atoms with E-state index in [1.807, 2.05) is 43.4 Å². The van der Waals surface area contributed by atoms with Crippen molar-refractivity contribution in [3.63, 3.8) is 0 Å². The molecule has 1 amide bonds. The number of rotatable bonds is 6. The van der Waals surface area contributed by atoms with Gasteiger partial charge in [-0.05, 0) is 30.7 Å². The van der Waals surface area contributed by atoms with Crippen LogP contribution in [0.2, 0.25) is 0 Å². The third kappa shape index (κ3) is 4.33. The fraction of sp³-hybridized carbons (Fsp3) is 0.278. The molecule has 1 unspecified atom stereocenters. The van der Waals surface area contributed by atoms with Gasteiger partial charge < -0.3 is 15.3 Å². The number of nitrogens with one attached hydrogen (secondary N) is 1. The van der Waals surface area contributed by atoms with Crippen molar-refractivity contribution in [2.45, 2.75) is 19.5 Å². The molecule has 2 N–H and O–H groups in total. The molecule has 0 aliphatic rings. The number of hydrogen-bond acceptors (Lipinski definition) is 3. The molecule has 0 saturated carbocycles. The minimum atomic E-state index is -0.252. The molecule has 0 spiro atoms. The zero-order valence-corrected chi connectivity index (χ0v) is 13.0. The van der Waals surface area contributed by atoms with Gasteiger partial charge in [0.05, 0.1) is 6.61 Å². The van der Waals surface area contributed by atoms with Crippen molar-refractivity contribution in [1.29, 1.82) is 0 Å². The topological polar surface area (TPSA) is 52.6 Å². The molecule has 0 aliphatic carbocycles. The van der Waals surface area contributed by atoms with Crippen LogP contribution in [0, 0.1) is 0 Å². The summed E-state index contributed by atoms with van der Waals surface area (Å²) in [6.07, 6.45) is 0. The number of amides is 1. The number of aliphatic hydroxyl groups excluding tert-OH is 1. The van der Waals surface area contributed by atoms with Crippen molar-refractivity contribution >= 4 is 11.6 Å². The summed E-state index contributed by atoms with van der Waals surface area (Å²) in [7, 11) is 2.00. The monoisotopic (exact) mass is 298 g/mol. The van der Waals surface area contributed by atoms with Gasteiger partial charge in [-0.1, -0.05) is 36.4 Å². The standard InChI is InChI=1S/C18H22N2O2/c1-14(13-21)19-18(22)16-9-6-10-17(11-16)20(2)12-15-7-4-3-5-8-15/h3-11,14,21H,12-13H2,1-2H3,(H,19,22). The van der Waals surface area contributed by atoms with Gasteiger partial charge in [-0.3, -0.25) is 4.79 Å². The molecule has 1 atom stereocenters. The number of carbonyl (C=O) groups excluding carboxylic acids is 1. The molecule has 2 aromatic rings. The maximum Gasteiger partial charge on any atom is 0.251 e. The first kappa shape index (κ1) is 16.0. The first-order chi connectivity index (χ1) is 10.6. The fourth-order valence-electron chi connectivity index (χ4n) is 2.19. The van der Waals surface area contributed by atoms with Crippen LogP contribution in [0.25, 0.3) is 0 Å². The lowest BCUT2D eigenvalue weighted by Gasteiger charge is -2.20. The molecule has 2 rings (SSSR count). The maximum absolute atomic E-state index is 12.1. The average Bonchev–Trinajstić information content (AvgIpc) is 2.55. The predicted octanol–water partition coefficient (Wildman–Crippen LogP) is 2.43. The van der Waals surface area contributed by atoms with Crippen LogP contribution in [-0.4, -0.2) is 30.7 Å². The van der Waals surface area contributed by atoms with E-state index >= 15 is 0 Å². The molecular formula is C18H22N2O2. The Morgan fingerprint density at radius 1 is 1.18 bits per heavy atom.